The van der Waals surface area contributed by atoms with Crippen LogP contribution in [0.25, 0.3) is 0 Å². The van der Waals surface area contributed by atoms with Gasteiger partial charge in [0.25, 0.3) is 0 Å². The lowest BCUT2D eigenvalue weighted by Gasteiger charge is -2.13. The summed E-state index contributed by atoms with van der Waals surface area (Å²) in [4.78, 5) is 1.39. The summed E-state index contributed by atoms with van der Waals surface area (Å²) in [7, 11) is 0. The van der Waals surface area contributed by atoms with Crippen LogP contribution < -0.4 is 10.5 Å². The topological polar surface area (TPSA) is 35.2 Å². The van der Waals surface area contributed by atoms with Crippen LogP contribution in [0.5, 0.6) is 5.75 Å². The first kappa shape index (κ1) is 13.1. The first-order valence-corrected chi connectivity index (χ1v) is 7.19. The van der Waals surface area contributed by atoms with E-state index in [0.717, 1.165) is 25.2 Å². The van der Waals surface area contributed by atoms with Gasteiger partial charge in [-0.2, -0.15) is 0 Å². The van der Waals surface area contributed by atoms with Gasteiger partial charge in [0, 0.05) is 10.8 Å². The summed E-state index contributed by atoms with van der Waals surface area (Å²) >= 11 is 1.79. The van der Waals surface area contributed by atoms with Gasteiger partial charge in [-0.05, 0) is 43.0 Å². The highest BCUT2D eigenvalue weighted by molar-refractivity contribution is 7.10. The first-order valence-electron chi connectivity index (χ1n) is 6.31. The van der Waals surface area contributed by atoms with Crippen LogP contribution in [0.1, 0.15) is 23.6 Å². The summed E-state index contributed by atoms with van der Waals surface area (Å²) < 4.78 is 5.68. The smallest absolute Gasteiger partial charge is 0.119 e. The number of nitrogens with two attached hydrogens (primary N) is 1. The summed E-state index contributed by atoms with van der Waals surface area (Å²) in [6, 6.07) is 14.2. The van der Waals surface area contributed by atoms with Gasteiger partial charge in [0.15, 0.2) is 0 Å². The Bertz CT molecular complexity index is 427. The second-order valence-corrected chi connectivity index (χ2v) is 5.23. The molecule has 0 aliphatic heterocycles. The third-order valence-corrected chi connectivity index (χ3v) is 3.97. The molecule has 3 heteroatoms. The Morgan fingerprint density at radius 2 is 1.94 bits per heavy atom. The van der Waals surface area contributed by atoms with E-state index in [9.17, 15) is 0 Å². The first-order chi connectivity index (χ1) is 8.90. The molecule has 1 unspecified atom stereocenters. The third-order valence-electron chi connectivity index (χ3n) is 2.94. The van der Waals surface area contributed by atoms with Gasteiger partial charge in [-0.15, -0.1) is 11.3 Å². The van der Waals surface area contributed by atoms with Crippen molar-refractivity contribution in [2.75, 3.05) is 13.2 Å². The number of ether oxygens (including phenoxy) is 1. The molecule has 0 saturated carbocycles. The van der Waals surface area contributed by atoms with Crippen molar-refractivity contribution in [2.24, 2.45) is 5.73 Å². The average molecular weight is 261 g/mol. The highest BCUT2D eigenvalue weighted by Gasteiger charge is 2.10. The van der Waals surface area contributed by atoms with Gasteiger partial charge in [0.2, 0.25) is 0 Å². The highest BCUT2D eigenvalue weighted by Crippen LogP contribution is 2.24. The minimum atomic E-state index is 0.476. The number of para-hydroxylation sites is 1. The van der Waals surface area contributed by atoms with E-state index < -0.39 is 0 Å². The molecule has 2 N–H and O–H groups in total. The van der Waals surface area contributed by atoms with Gasteiger partial charge >= 0.3 is 0 Å². The molecule has 18 heavy (non-hydrogen) atoms. The summed E-state index contributed by atoms with van der Waals surface area (Å²) in [6.45, 7) is 1.47. The van der Waals surface area contributed by atoms with Crippen LogP contribution in [0.3, 0.4) is 0 Å². The Hall–Kier alpha value is -1.32. The summed E-state index contributed by atoms with van der Waals surface area (Å²) in [5.41, 5.74) is 5.82. The van der Waals surface area contributed by atoms with Gasteiger partial charge in [0.1, 0.15) is 5.75 Å². The molecular formula is C15H19NOS. The van der Waals surface area contributed by atoms with Crippen LogP contribution in [-0.2, 0) is 0 Å². The van der Waals surface area contributed by atoms with Crippen LogP contribution in [0, 0.1) is 0 Å². The summed E-state index contributed by atoms with van der Waals surface area (Å²) in [6.07, 6.45) is 2.12. The van der Waals surface area contributed by atoms with Crippen LogP contribution in [-0.4, -0.2) is 13.2 Å². The number of hydrogen-bond donors (Lipinski definition) is 1. The van der Waals surface area contributed by atoms with E-state index in [0.29, 0.717) is 12.5 Å². The monoisotopic (exact) mass is 261 g/mol. The Kier molecular flexibility index (Phi) is 5.24. The van der Waals surface area contributed by atoms with E-state index in [2.05, 4.69) is 17.5 Å². The van der Waals surface area contributed by atoms with Gasteiger partial charge in [-0.3, -0.25) is 0 Å². The minimum Gasteiger partial charge on any atom is -0.494 e. The normalized spacial score (nSPS) is 12.3. The molecule has 0 saturated heterocycles. The second kappa shape index (κ2) is 7.19. The Morgan fingerprint density at radius 3 is 2.61 bits per heavy atom. The molecule has 1 atom stereocenters. The molecule has 1 heterocycles. The molecule has 0 bridgehead atoms. The highest BCUT2D eigenvalue weighted by atomic mass is 32.1. The molecule has 2 rings (SSSR count). The molecule has 0 fully saturated rings. The molecular weight excluding hydrogens is 242 g/mol. The molecule has 1 aromatic carbocycles. The van der Waals surface area contributed by atoms with E-state index >= 15 is 0 Å². The molecule has 0 spiro atoms. The van der Waals surface area contributed by atoms with Crippen LogP contribution in [0.15, 0.2) is 47.8 Å². The van der Waals surface area contributed by atoms with E-state index in [1.807, 2.05) is 30.3 Å². The van der Waals surface area contributed by atoms with Crippen molar-refractivity contribution in [1.82, 2.24) is 0 Å². The fourth-order valence-corrected chi connectivity index (χ4v) is 2.81. The zero-order valence-electron chi connectivity index (χ0n) is 10.4. The lowest BCUT2D eigenvalue weighted by atomic mass is 10.0. The van der Waals surface area contributed by atoms with Crippen LogP contribution in [0.4, 0.5) is 0 Å². The Labute approximate surface area is 112 Å². The second-order valence-electron chi connectivity index (χ2n) is 4.25. The predicted molar refractivity (Wildman–Crippen MR) is 77.3 cm³/mol. The Balaban J connectivity index is 1.71. The maximum atomic E-state index is 5.82. The van der Waals surface area contributed by atoms with E-state index in [1.54, 1.807) is 11.3 Å². The van der Waals surface area contributed by atoms with Crippen molar-refractivity contribution in [2.45, 2.75) is 18.8 Å². The van der Waals surface area contributed by atoms with Gasteiger partial charge in [0.05, 0.1) is 6.61 Å². The predicted octanol–water partition coefficient (Wildman–Crippen LogP) is 3.65. The minimum absolute atomic E-state index is 0.476. The van der Waals surface area contributed by atoms with E-state index in [4.69, 9.17) is 10.5 Å². The molecule has 1 aromatic heterocycles. The van der Waals surface area contributed by atoms with Crippen molar-refractivity contribution >= 4 is 11.3 Å². The third kappa shape index (κ3) is 3.86. The van der Waals surface area contributed by atoms with Gasteiger partial charge < -0.3 is 10.5 Å². The van der Waals surface area contributed by atoms with E-state index in [1.165, 1.54) is 4.88 Å². The van der Waals surface area contributed by atoms with Gasteiger partial charge in [-0.1, -0.05) is 24.3 Å². The van der Waals surface area contributed by atoms with Crippen molar-refractivity contribution in [1.29, 1.82) is 0 Å². The Morgan fingerprint density at radius 1 is 1.11 bits per heavy atom. The fraction of sp³-hybridized carbons (Fsp3) is 0.333. The largest absolute Gasteiger partial charge is 0.494 e. The molecule has 2 nitrogen and oxygen atoms in total. The lowest BCUT2D eigenvalue weighted by Crippen LogP contribution is -2.12. The van der Waals surface area contributed by atoms with Crippen LogP contribution >= 0.6 is 11.3 Å². The average Bonchev–Trinajstić information content (AvgIpc) is 2.94. The molecule has 0 amide bonds. The maximum absolute atomic E-state index is 5.82. The van der Waals surface area contributed by atoms with Crippen molar-refractivity contribution in [3.63, 3.8) is 0 Å². The number of benzene rings is 1. The van der Waals surface area contributed by atoms with Crippen molar-refractivity contribution in [3.05, 3.63) is 52.7 Å². The summed E-state index contributed by atoms with van der Waals surface area (Å²) in [5, 5.41) is 2.11. The standard InChI is InChI=1S/C15H19NOS/c16-12-13(15-9-5-11-18-15)6-4-10-17-14-7-2-1-3-8-14/h1-3,5,7-9,11,13H,4,6,10,12,16H2. The molecule has 2 aromatic rings. The molecule has 0 radical (unpaired) electrons. The quantitative estimate of drug-likeness (QED) is 0.772. The lowest BCUT2D eigenvalue weighted by molar-refractivity contribution is 0.302. The maximum Gasteiger partial charge on any atom is 0.119 e. The number of rotatable bonds is 7. The zero-order chi connectivity index (χ0) is 12.6. The SMILES string of the molecule is NCC(CCCOc1ccccc1)c1cccs1. The van der Waals surface area contributed by atoms with Crippen molar-refractivity contribution < 1.29 is 4.74 Å². The molecule has 0 aliphatic carbocycles. The fourth-order valence-electron chi connectivity index (χ4n) is 1.94. The zero-order valence-corrected chi connectivity index (χ0v) is 11.2. The van der Waals surface area contributed by atoms with E-state index in [-0.39, 0.29) is 0 Å². The van der Waals surface area contributed by atoms with Crippen LogP contribution in [0.2, 0.25) is 0 Å². The molecule has 96 valence electrons. The molecule has 0 aliphatic rings. The number of hydrogen-bond acceptors (Lipinski definition) is 3. The number of thiophene rings is 1. The summed E-state index contributed by atoms with van der Waals surface area (Å²) in [5.74, 6) is 1.42. The van der Waals surface area contributed by atoms with Gasteiger partial charge in [-0.25, -0.2) is 0 Å². The van der Waals surface area contributed by atoms with Crippen molar-refractivity contribution in [3.8, 4) is 5.75 Å².